The second kappa shape index (κ2) is 10.2. The van der Waals surface area contributed by atoms with Crippen molar-refractivity contribution in [1.29, 1.82) is 0 Å². The van der Waals surface area contributed by atoms with Gasteiger partial charge in [0, 0.05) is 11.4 Å². The fourth-order valence-electron chi connectivity index (χ4n) is 2.61. The van der Waals surface area contributed by atoms with E-state index in [4.69, 9.17) is 4.74 Å². The highest BCUT2D eigenvalue weighted by molar-refractivity contribution is 7.85. The van der Waals surface area contributed by atoms with E-state index in [0.717, 1.165) is 17.8 Å². The number of anilines is 1. The van der Waals surface area contributed by atoms with E-state index in [-0.39, 0.29) is 23.1 Å². The van der Waals surface area contributed by atoms with Crippen LogP contribution in [0.15, 0.2) is 53.4 Å². The maximum Gasteiger partial charge on any atom is 0.339 e. The quantitative estimate of drug-likeness (QED) is 0.531. The maximum atomic E-state index is 12.4. The van der Waals surface area contributed by atoms with Crippen molar-refractivity contribution in [3.63, 3.8) is 0 Å². The van der Waals surface area contributed by atoms with Crippen LogP contribution in [0.5, 0.6) is 0 Å². The normalized spacial score (nSPS) is 11.7. The summed E-state index contributed by atoms with van der Waals surface area (Å²) in [4.78, 5) is 25.2. The maximum absolute atomic E-state index is 12.4. The molecule has 156 valence electrons. The van der Waals surface area contributed by atoms with Crippen molar-refractivity contribution >= 4 is 39.7 Å². The van der Waals surface area contributed by atoms with Gasteiger partial charge in [-0.1, -0.05) is 49.4 Å². The van der Waals surface area contributed by atoms with Gasteiger partial charge in [-0.3, -0.25) is 9.00 Å². The molecule has 7 nitrogen and oxygen atoms in total. The number of aromatic nitrogens is 2. The summed E-state index contributed by atoms with van der Waals surface area (Å²) < 4.78 is 17.4. The molecule has 1 amide bonds. The fraction of sp³-hybridized carbons (Fsp3) is 0.238. The van der Waals surface area contributed by atoms with Gasteiger partial charge in [-0.05, 0) is 36.2 Å². The first-order valence-electron chi connectivity index (χ1n) is 9.39. The lowest BCUT2D eigenvalue weighted by atomic mass is 10.1. The fourth-order valence-corrected chi connectivity index (χ4v) is 4.19. The third-order valence-corrected chi connectivity index (χ3v) is 6.49. The molecule has 0 saturated carbocycles. The molecule has 0 radical (unpaired) electrons. The first-order chi connectivity index (χ1) is 14.5. The van der Waals surface area contributed by atoms with Gasteiger partial charge < -0.3 is 10.1 Å². The molecule has 0 bridgehead atoms. The lowest BCUT2D eigenvalue weighted by Crippen LogP contribution is -2.11. The molecule has 3 rings (SSSR count). The molecule has 1 unspecified atom stereocenters. The van der Waals surface area contributed by atoms with E-state index in [1.165, 1.54) is 5.56 Å². The van der Waals surface area contributed by atoms with Gasteiger partial charge in [0.2, 0.25) is 5.01 Å². The van der Waals surface area contributed by atoms with Crippen LogP contribution in [0.3, 0.4) is 0 Å². The molecule has 3 aromatic rings. The van der Waals surface area contributed by atoms with E-state index in [9.17, 15) is 13.8 Å². The lowest BCUT2D eigenvalue weighted by Gasteiger charge is -2.07. The van der Waals surface area contributed by atoms with Gasteiger partial charge >= 0.3 is 5.97 Å². The molecule has 0 aliphatic rings. The molecule has 1 atom stereocenters. The van der Waals surface area contributed by atoms with E-state index in [0.29, 0.717) is 21.3 Å². The van der Waals surface area contributed by atoms with Crippen LogP contribution < -0.4 is 5.32 Å². The summed E-state index contributed by atoms with van der Waals surface area (Å²) in [5, 5.41) is 11.1. The summed E-state index contributed by atoms with van der Waals surface area (Å²) in [6, 6.07) is 14.2. The summed E-state index contributed by atoms with van der Waals surface area (Å²) in [5.41, 5.74) is 2.11. The molecule has 0 aliphatic carbocycles. The van der Waals surface area contributed by atoms with E-state index >= 15 is 0 Å². The van der Waals surface area contributed by atoms with Gasteiger partial charge in [-0.2, -0.15) is 0 Å². The first kappa shape index (κ1) is 21.8. The van der Waals surface area contributed by atoms with Crippen molar-refractivity contribution in [1.82, 2.24) is 10.2 Å². The molecule has 9 heteroatoms. The molecular formula is C21H21N3O4S2. The minimum absolute atomic E-state index is 0.123. The molecule has 0 saturated heterocycles. The molecule has 1 N–H and O–H groups in total. The van der Waals surface area contributed by atoms with Crippen LogP contribution in [-0.2, 0) is 28.6 Å². The Balaban J connectivity index is 1.61. The Morgan fingerprint density at radius 2 is 1.80 bits per heavy atom. The van der Waals surface area contributed by atoms with Gasteiger partial charge in [0.1, 0.15) is 6.61 Å². The highest BCUT2D eigenvalue weighted by Gasteiger charge is 2.18. The standard InChI is InChI=1S/C21H21N3O4S2/c1-3-14-9-11-15(12-10-14)22-19(25)20-24-23-18(29-20)13-28-21(26)16-7-5-6-8-17(16)30(27)4-2/h5-12H,3-4,13H2,1-2H3,(H,22,25). The zero-order valence-corrected chi connectivity index (χ0v) is 18.2. The molecule has 0 spiro atoms. The van der Waals surface area contributed by atoms with Crippen LogP contribution in [0.2, 0.25) is 0 Å². The lowest BCUT2D eigenvalue weighted by molar-refractivity contribution is 0.0467. The number of carbonyl (C=O) groups is 2. The summed E-state index contributed by atoms with van der Waals surface area (Å²) in [5.74, 6) is -0.567. The number of carbonyl (C=O) groups excluding carboxylic acids is 2. The molecule has 0 aliphatic heterocycles. The Bertz CT molecular complexity index is 1060. The van der Waals surface area contributed by atoms with Crippen LogP contribution in [-0.4, -0.2) is 32.0 Å². The average molecular weight is 444 g/mol. The molecule has 2 aromatic carbocycles. The Hall–Kier alpha value is -2.91. The molecule has 1 aromatic heterocycles. The van der Waals surface area contributed by atoms with E-state index in [1.807, 2.05) is 24.3 Å². The van der Waals surface area contributed by atoms with E-state index in [2.05, 4.69) is 22.4 Å². The van der Waals surface area contributed by atoms with Crippen LogP contribution in [0.25, 0.3) is 0 Å². The zero-order valence-electron chi connectivity index (χ0n) is 16.6. The minimum atomic E-state index is -1.27. The number of nitrogens with zero attached hydrogens (tertiary/aromatic N) is 2. The Morgan fingerprint density at radius 1 is 1.07 bits per heavy atom. The molecule has 0 fully saturated rings. The van der Waals surface area contributed by atoms with Gasteiger partial charge in [0.25, 0.3) is 5.91 Å². The molecule has 1 heterocycles. The Morgan fingerprint density at radius 3 is 2.50 bits per heavy atom. The van der Waals surface area contributed by atoms with Crippen molar-refractivity contribution in [3.05, 3.63) is 69.7 Å². The smallest absolute Gasteiger partial charge is 0.339 e. The van der Waals surface area contributed by atoms with Gasteiger partial charge in [-0.25, -0.2) is 4.79 Å². The second-order valence-corrected chi connectivity index (χ2v) is 8.98. The van der Waals surface area contributed by atoms with Crippen LogP contribution >= 0.6 is 11.3 Å². The largest absolute Gasteiger partial charge is 0.455 e. The van der Waals surface area contributed by atoms with E-state index in [1.54, 1.807) is 31.2 Å². The third-order valence-electron chi connectivity index (χ3n) is 4.22. The number of hydrogen-bond donors (Lipinski definition) is 1. The molecule has 30 heavy (non-hydrogen) atoms. The van der Waals surface area contributed by atoms with Gasteiger partial charge in [0.15, 0.2) is 5.01 Å². The zero-order chi connectivity index (χ0) is 21.5. The number of aryl methyl sites for hydroxylation is 1. The van der Waals surface area contributed by atoms with Crippen molar-refractivity contribution in [2.24, 2.45) is 0 Å². The SMILES string of the molecule is CCc1ccc(NC(=O)c2nnc(COC(=O)c3ccccc3S(=O)CC)s2)cc1. The number of esters is 1. The average Bonchev–Trinajstić information content (AvgIpc) is 3.26. The van der Waals surface area contributed by atoms with Crippen LogP contribution in [0, 0.1) is 0 Å². The van der Waals surface area contributed by atoms with Crippen LogP contribution in [0.4, 0.5) is 5.69 Å². The summed E-state index contributed by atoms with van der Waals surface area (Å²) >= 11 is 1.05. The van der Waals surface area contributed by atoms with Crippen molar-refractivity contribution in [2.45, 2.75) is 31.8 Å². The summed E-state index contributed by atoms with van der Waals surface area (Å²) in [6.45, 7) is 3.72. The van der Waals surface area contributed by atoms with E-state index < -0.39 is 16.8 Å². The summed E-state index contributed by atoms with van der Waals surface area (Å²) in [6.07, 6.45) is 0.922. The molecular weight excluding hydrogens is 422 g/mol. The Labute approximate surface area is 181 Å². The third kappa shape index (κ3) is 5.37. The topological polar surface area (TPSA) is 98.2 Å². The number of ether oxygens (including phenoxy) is 1. The monoisotopic (exact) mass is 443 g/mol. The highest BCUT2D eigenvalue weighted by atomic mass is 32.2. The first-order valence-corrected chi connectivity index (χ1v) is 11.5. The predicted octanol–water partition coefficient (Wildman–Crippen LogP) is 3.84. The second-order valence-electron chi connectivity index (χ2n) is 6.21. The number of rotatable bonds is 8. The number of amides is 1. The highest BCUT2D eigenvalue weighted by Crippen LogP contribution is 2.18. The van der Waals surface area contributed by atoms with Crippen molar-refractivity contribution < 1.29 is 18.5 Å². The predicted molar refractivity (Wildman–Crippen MR) is 116 cm³/mol. The summed E-state index contributed by atoms with van der Waals surface area (Å²) in [7, 11) is -1.27. The van der Waals surface area contributed by atoms with Gasteiger partial charge in [0.05, 0.1) is 21.3 Å². The number of nitrogens with one attached hydrogen (secondary N) is 1. The minimum Gasteiger partial charge on any atom is -0.455 e. The number of hydrogen-bond acceptors (Lipinski definition) is 7. The van der Waals surface area contributed by atoms with Gasteiger partial charge in [-0.15, -0.1) is 10.2 Å². The number of benzene rings is 2. The Kier molecular flexibility index (Phi) is 7.42. The van der Waals surface area contributed by atoms with Crippen molar-refractivity contribution in [2.75, 3.05) is 11.1 Å². The van der Waals surface area contributed by atoms with Crippen LogP contribution in [0.1, 0.15) is 44.6 Å². The van der Waals surface area contributed by atoms with Crippen molar-refractivity contribution in [3.8, 4) is 0 Å².